The van der Waals surface area contributed by atoms with Crippen LogP contribution in [0, 0.1) is 11.3 Å². The Morgan fingerprint density at radius 3 is 2.60 bits per heavy atom. The number of halogens is 2. The molecule has 2 aromatic rings. The Balaban J connectivity index is 2.35. The Morgan fingerprint density at radius 1 is 1.32 bits per heavy atom. The summed E-state index contributed by atoms with van der Waals surface area (Å²) in [7, 11) is 0. The van der Waals surface area contributed by atoms with Crippen LogP contribution in [0.2, 0.25) is 0 Å². The second-order valence-corrected chi connectivity index (χ2v) is 6.68. The van der Waals surface area contributed by atoms with Gasteiger partial charge in [0.1, 0.15) is 23.1 Å². The van der Waals surface area contributed by atoms with Crippen molar-refractivity contribution in [3.8, 4) is 17.6 Å². The number of anilines is 1. The van der Waals surface area contributed by atoms with Gasteiger partial charge in [0.05, 0.1) is 11.1 Å². The number of ether oxygens (including phenoxy) is 1. The lowest BCUT2D eigenvalue weighted by molar-refractivity contribution is -0.112. The van der Waals surface area contributed by atoms with Gasteiger partial charge in [0.2, 0.25) is 0 Å². The summed E-state index contributed by atoms with van der Waals surface area (Å²) in [6.07, 6.45) is 1.47. The van der Waals surface area contributed by atoms with Crippen molar-refractivity contribution in [2.75, 3.05) is 11.9 Å². The van der Waals surface area contributed by atoms with Gasteiger partial charge in [-0.3, -0.25) is 4.79 Å². The zero-order chi connectivity index (χ0) is 18.4. The van der Waals surface area contributed by atoms with Crippen LogP contribution in [0.3, 0.4) is 0 Å². The quantitative estimate of drug-likeness (QED) is 0.375. The lowest BCUT2D eigenvalue weighted by Crippen LogP contribution is -2.13. The molecular weight excluding hydrogens is 452 g/mol. The normalized spacial score (nSPS) is 10.9. The predicted molar refractivity (Wildman–Crippen MR) is 103 cm³/mol. The summed E-state index contributed by atoms with van der Waals surface area (Å²) in [6, 6.07) is 11.5. The molecule has 2 N–H and O–H groups in total. The van der Waals surface area contributed by atoms with Gasteiger partial charge in [-0.25, -0.2) is 0 Å². The Morgan fingerprint density at radius 2 is 2.00 bits per heavy atom. The third-order valence-electron chi connectivity index (χ3n) is 3.12. The van der Waals surface area contributed by atoms with Crippen molar-refractivity contribution >= 4 is 49.5 Å². The summed E-state index contributed by atoms with van der Waals surface area (Å²) in [4.78, 5) is 12.3. The van der Waals surface area contributed by atoms with Crippen LogP contribution in [0.15, 0.2) is 50.9 Å². The summed E-state index contributed by atoms with van der Waals surface area (Å²) >= 11 is 6.80. The molecule has 0 spiro atoms. The molecule has 5 nitrogen and oxygen atoms in total. The minimum Gasteiger partial charge on any atom is -0.508 e. The van der Waals surface area contributed by atoms with Crippen molar-refractivity contribution in [3.05, 3.63) is 56.5 Å². The van der Waals surface area contributed by atoms with Crippen LogP contribution in [-0.2, 0) is 4.79 Å². The third-order valence-corrected chi connectivity index (χ3v) is 4.16. The Hall–Kier alpha value is -2.30. The van der Waals surface area contributed by atoms with E-state index < -0.39 is 5.91 Å². The van der Waals surface area contributed by atoms with Gasteiger partial charge in [-0.05, 0) is 65.3 Å². The highest BCUT2D eigenvalue weighted by Gasteiger charge is 2.14. The number of aromatic hydroxyl groups is 1. The molecular formula is C18H14Br2N2O3. The number of carbonyl (C=O) groups is 1. The molecule has 0 saturated carbocycles. The molecule has 0 atom stereocenters. The molecule has 25 heavy (non-hydrogen) atoms. The van der Waals surface area contributed by atoms with E-state index in [1.54, 1.807) is 18.2 Å². The van der Waals surface area contributed by atoms with Crippen LogP contribution in [-0.4, -0.2) is 17.6 Å². The first-order valence-corrected chi connectivity index (χ1v) is 8.87. The van der Waals surface area contributed by atoms with E-state index in [9.17, 15) is 15.2 Å². The molecule has 2 rings (SSSR count). The molecule has 0 aromatic heterocycles. The summed E-state index contributed by atoms with van der Waals surface area (Å²) in [5, 5.41) is 21.2. The van der Waals surface area contributed by atoms with Gasteiger partial charge >= 0.3 is 0 Å². The number of nitriles is 1. The van der Waals surface area contributed by atoms with Crippen LogP contribution < -0.4 is 10.1 Å². The number of phenols is 1. The molecule has 0 aliphatic rings. The maximum atomic E-state index is 12.3. The maximum absolute atomic E-state index is 12.3. The number of nitrogens with zero attached hydrogens (tertiary/aromatic N) is 1. The van der Waals surface area contributed by atoms with Crippen LogP contribution in [0.4, 0.5) is 5.69 Å². The van der Waals surface area contributed by atoms with Crippen molar-refractivity contribution in [1.82, 2.24) is 0 Å². The minimum atomic E-state index is -0.549. The van der Waals surface area contributed by atoms with Gasteiger partial charge < -0.3 is 15.2 Å². The highest BCUT2D eigenvalue weighted by atomic mass is 79.9. The molecule has 2 aromatic carbocycles. The average Bonchev–Trinajstić information content (AvgIpc) is 2.57. The Labute approximate surface area is 162 Å². The van der Waals surface area contributed by atoms with E-state index >= 15 is 0 Å². The van der Waals surface area contributed by atoms with Crippen LogP contribution >= 0.6 is 31.9 Å². The van der Waals surface area contributed by atoms with E-state index in [4.69, 9.17) is 4.74 Å². The largest absolute Gasteiger partial charge is 0.508 e. The summed E-state index contributed by atoms with van der Waals surface area (Å²) in [5.41, 5.74) is 1.00. The lowest BCUT2D eigenvalue weighted by Gasteiger charge is -2.11. The first-order chi connectivity index (χ1) is 11.9. The van der Waals surface area contributed by atoms with E-state index in [1.165, 1.54) is 18.2 Å². The molecule has 7 heteroatoms. The number of amides is 1. The number of rotatable bonds is 5. The van der Waals surface area contributed by atoms with Crippen molar-refractivity contribution in [1.29, 1.82) is 5.26 Å². The van der Waals surface area contributed by atoms with Gasteiger partial charge in [-0.2, -0.15) is 5.26 Å². The number of hydrogen-bond acceptors (Lipinski definition) is 4. The Bertz CT molecular complexity index is 856. The molecule has 128 valence electrons. The number of phenolic OH excluding ortho intramolecular Hbond substituents is 1. The molecule has 0 aliphatic heterocycles. The molecule has 0 radical (unpaired) electrons. The van der Waals surface area contributed by atoms with E-state index in [0.717, 1.165) is 4.47 Å². The van der Waals surface area contributed by atoms with E-state index in [0.29, 0.717) is 28.1 Å². The molecule has 0 saturated heterocycles. The first-order valence-electron chi connectivity index (χ1n) is 7.28. The predicted octanol–water partition coefficient (Wildman–Crippen LogP) is 4.86. The topological polar surface area (TPSA) is 82.3 Å². The second-order valence-electron chi connectivity index (χ2n) is 4.91. The van der Waals surface area contributed by atoms with Crippen molar-refractivity contribution in [3.63, 3.8) is 0 Å². The molecule has 1 amide bonds. The number of hydrogen-bond donors (Lipinski definition) is 2. The van der Waals surface area contributed by atoms with Gasteiger partial charge in [-0.15, -0.1) is 0 Å². The van der Waals surface area contributed by atoms with Crippen LogP contribution in [0.25, 0.3) is 6.08 Å². The van der Waals surface area contributed by atoms with Gasteiger partial charge in [-0.1, -0.05) is 15.9 Å². The van der Waals surface area contributed by atoms with Crippen LogP contribution in [0.1, 0.15) is 12.5 Å². The second kappa shape index (κ2) is 8.70. The molecule has 0 unspecified atom stereocenters. The summed E-state index contributed by atoms with van der Waals surface area (Å²) in [5.74, 6) is 0.0945. The van der Waals surface area contributed by atoms with E-state index in [-0.39, 0.29) is 11.3 Å². The van der Waals surface area contributed by atoms with E-state index in [2.05, 4.69) is 37.2 Å². The fourth-order valence-electron chi connectivity index (χ4n) is 2.03. The minimum absolute atomic E-state index is 0.0703. The third kappa shape index (κ3) is 5.08. The monoisotopic (exact) mass is 464 g/mol. The van der Waals surface area contributed by atoms with Gasteiger partial charge in [0.15, 0.2) is 0 Å². The van der Waals surface area contributed by atoms with E-state index in [1.807, 2.05) is 19.1 Å². The number of carbonyl (C=O) groups excluding carboxylic acids is 1. The fraction of sp³-hybridized carbons (Fsp3) is 0.111. The molecule has 0 aliphatic carbocycles. The molecule has 0 heterocycles. The molecule has 0 fully saturated rings. The number of benzene rings is 2. The van der Waals surface area contributed by atoms with Crippen LogP contribution in [0.5, 0.6) is 11.5 Å². The summed E-state index contributed by atoms with van der Waals surface area (Å²) < 4.78 is 7.09. The van der Waals surface area contributed by atoms with Crippen molar-refractivity contribution < 1.29 is 14.6 Å². The zero-order valence-corrected chi connectivity index (χ0v) is 16.4. The zero-order valence-electron chi connectivity index (χ0n) is 13.2. The Kier molecular flexibility index (Phi) is 6.62. The lowest BCUT2D eigenvalue weighted by atomic mass is 10.1. The van der Waals surface area contributed by atoms with Crippen molar-refractivity contribution in [2.45, 2.75) is 6.92 Å². The fourth-order valence-corrected chi connectivity index (χ4v) is 3.40. The van der Waals surface area contributed by atoms with Crippen molar-refractivity contribution in [2.24, 2.45) is 0 Å². The number of nitrogens with one attached hydrogen (secondary N) is 1. The summed E-state index contributed by atoms with van der Waals surface area (Å²) in [6.45, 7) is 2.30. The molecule has 0 bridgehead atoms. The standard InChI is InChI=1S/C18H14Br2N2O3/c1-2-25-17-11(8-13(19)9-16(17)20)7-12(10-21)18(24)22-14-3-5-15(23)6-4-14/h3-9,23H,2H2,1H3,(H,22,24)/b12-7+. The first kappa shape index (κ1) is 19.0. The average molecular weight is 466 g/mol. The van der Waals surface area contributed by atoms with Gasteiger partial charge in [0, 0.05) is 15.7 Å². The smallest absolute Gasteiger partial charge is 0.266 e. The SMILES string of the molecule is CCOc1c(Br)cc(Br)cc1/C=C(\C#N)C(=O)Nc1ccc(O)cc1. The highest BCUT2D eigenvalue weighted by molar-refractivity contribution is 9.11. The highest BCUT2D eigenvalue weighted by Crippen LogP contribution is 2.34. The van der Waals surface area contributed by atoms with Gasteiger partial charge in [0.25, 0.3) is 5.91 Å². The maximum Gasteiger partial charge on any atom is 0.266 e.